The fraction of sp³-hybridized carbons (Fsp3) is 0.115. The Kier molecular flexibility index (Phi) is 6.70. The molecule has 8 heteroatoms. The number of ether oxygens (including phenoxy) is 1. The van der Waals surface area contributed by atoms with Gasteiger partial charge in [0.25, 0.3) is 10.0 Å². The Labute approximate surface area is 198 Å². The van der Waals surface area contributed by atoms with Crippen LogP contribution < -0.4 is 14.8 Å². The number of sulfonamides is 1. The van der Waals surface area contributed by atoms with E-state index in [1.54, 1.807) is 36.4 Å². The summed E-state index contributed by atoms with van der Waals surface area (Å²) < 4.78 is 33.6. The van der Waals surface area contributed by atoms with Crippen molar-refractivity contribution < 1.29 is 23.1 Å². The SMILES string of the molecule is COc1ccc(S(=O)(=O)Nc2ccc(N[C@@H](Cc3ccccc3)C(=O)O)c3ccccc23)cc1. The number of carboxylic acid groups (broad SMARTS) is 1. The molecule has 0 aromatic heterocycles. The summed E-state index contributed by atoms with van der Waals surface area (Å²) in [5, 5.41) is 14.2. The fourth-order valence-corrected chi connectivity index (χ4v) is 4.79. The van der Waals surface area contributed by atoms with Gasteiger partial charge in [-0.2, -0.15) is 0 Å². The lowest BCUT2D eigenvalue weighted by Crippen LogP contribution is -2.31. The van der Waals surface area contributed by atoms with E-state index in [0.717, 1.165) is 5.56 Å². The van der Waals surface area contributed by atoms with Crippen LogP contribution in [0.1, 0.15) is 5.56 Å². The smallest absolute Gasteiger partial charge is 0.326 e. The first kappa shape index (κ1) is 23.1. The standard InChI is InChI=1S/C26H24N2O5S/c1-33-19-11-13-20(14-12-19)34(31,32)28-24-16-15-23(21-9-5-6-10-22(21)24)27-25(26(29)30)17-18-7-3-2-4-8-18/h2-16,25,27-28H,17H2,1H3,(H,29,30)/t25-/m0/s1. The number of rotatable bonds is 9. The van der Waals surface area contributed by atoms with Crippen molar-refractivity contribution in [1.82, 2.24) is 0 Å². The van der Waals surface area contributed by atoms with E-state index in [2.05, 4.69) is 10.0 Å². The first-order valence-corrected chi connectivity index (χ1v) is 12.1. The van der Waals surface area contributed by atoms with Crippen molar-refractivity contribution in [3.8, 4) is 5.75 Å². The minimum absolute atomic E-state index is 0.105. The molecule has 0 heterocycles. The summed E-state index contributed by atoms with van der Waals surface area (Å²) in [5.41, 5.74) is 1.90. The quantitative estimate of drug-likeness (QED) is 0.322. The third kappa shape index (κ3) is 5.13. The highest BCUT2D eigenvalue weighted by Crippen LogP contribution is 2.32. The molecule has 0 aliphatic rings. The average Bonchev–Trinajstić information content (AvgIpc) is 2.85. The average molecular weight is 477 g/mol. The van der Waals surface area contributed by atoms with Gasteiger partial charge in [-0.05, 0) is 42.0 Å². The molecule has 3 N–H and O–H groups in total. The minimum Gasteiger partial charge on any atom is -0.497 e. The molecule has 0 aliphatic heterocycles. The summed E-state index contributed by atoms with van der Waals surface area (Å²) in [6, 6.07) is 25.2. The van der Waals surface area contributed by atoms with Gasteiger partial charge in [0.15, 0.2) is 0 Å². The molecule has 0 aliphatic carbocycles. The Bertz CT molecular complexity index is 1400. The Hall–Kier alpha value is -4.04. The first-order chi connectivity index (χ1) is 16.4. The van der Waals surface area contributed by atoms with Crippen LogP contribution in [0.2, 0.25) is 0 Å². The van der Waals surface area contributed by atoms with E-state index >= 15 is 0 Å². The Morgan fingerprint density at radius 2 is 1.44 bits per heavy atom. The summed E-state index contributed by atoms with van der Waals surface area (Å²) in [6.45, 7) is 0. The highest BCUT2D eigenvalue weighted by molar-refractivity contribution is 7.92. The fourth-order valence-electron chi connectivity index (χ4n) is 3.71. The molecule has 0 saturated carbocycles. The molecule has 34 heavy (non-hydrogen) atoms. The van der Waals surface area contributed by atoms with Crippen molar-refractivity contribution in [3.05, 3.63) is 96.6 Å². The van der Waals surface area contributed by atoms with E-state index in [4.69, 9.17) is 4.74 Å². The van der Waals surface area contributed by atoms with Crippen molar-refractivity contribution in [2.24, 2.45) is 0 Å². The monoisotopic (exact) mass is 476 g/mol. The molecule has 0 unspecified atom stereocenters. The maximum Gasteiger partial charge on any atom is 0.326 e. The number of benzene rings is 4. The highest BCUT2D eigenvalue weighted by Gasteiger charge is 2.20. The van der Waals surface area contributed by atoms with Gasteiger partial charge in [0.05, 0.1) is 17.7 Å². The van der Waals surface area contributed by atoms with Gasteiger partial charge in [-0.3, -0.25) is 4.72 Å². The van der Waals surface area contributed by atoms with Gasteiger partial charge < -0.3 is 15.2 Å². The molecule has 0 spiro atoms. The molecule has 0 bridgehead atoms. The molecule has 174 valence electrons. The van der Waals surface area contributed by atoms with Crippen LogP contribution in [0.15, 0.2) is 95.9 Å². The number of nitrogens with one attached hydrogen (secondary N) is 2. The molecular formula is C26H24N2O5S. The van der Waals surface area contributed by atoms with Crippen molar-refractivity contribution >= 4 is 38.1 Å². The van der Waals surface area contributed by atoms with Gasteiger partial charge in [0, 0.05) is 22.9 Å². The number of hydrogen-bond donors (Lipinski definition) is 3. The zero-order chi connectivity index (χ0) is 24.1. The van der Waals surface area contributed by atoms with E-state index in [-0.39, 0.29) is 4.90 Å². The van der Waals surface area contributed by atoms with Crippen LogP contribution in [0.4, 0.5) is 11.4 Å². The number of methoxy groups -OCH3 is 1. The third-order valence-corrected chi connectivity index (χ3v) is 6.83. The summed E-state index contributed by atoms with van der Waals surface area (Å²) >= 11 is 0. The van der Waals surface area contributed by atoms with Gasteiger partial charge in [-0.1, -0.05) is 54.6 Å². The predicted octanol–water partition coefficient (Wildman–Crippen LogP) is 4.76. The van der Waals surface area contributed by atoms with Crippen molar-refractivity contribution in [2.75, 3.05) is 17.1 Å². The molecule has 7 nitrogen and oxygen atoms in total. The number of anilines is 2. The molecule has 0 radical (unpaired) electrons. The van der Waals surface area contributed by atoms with E-state index in [1.165, 1.54) is 19.2 Å². The lowest BCUT2D eigenvalue weighted by molar-refractivity contribution is -0.137. The maximum absolute atomic E-state index is 13.0. The number of carboxylic acids is 1. The second-order valence-corrected chi connectivity index (χ2v) is 9.39. The number of hydrogen-bond acceptors (Lipinski definition) is 5. The van der Waals surface area contributed by atoms with Crippen molar-refractivity contribution in [2.45, 2.75) is 17.4 Å². The molecule has 0 saturated heterocycles. The topological polar surface area (TPSA) is 105 Å². The summed E-state index contributed by atoms with van der Waals surface area (Å²) in [6.07, 6.45) is 0.302. The van der Waals surface area contributed by atoms with Crippen LogP contribution in [-0.2, 0) is 21.2 Å². The van der Waals surface area contributed by atoms with Crippen LogP contribution in [0.25, 0.3) is 10.8 Å². The molecule has 1 atom stereocenters. The first-order valence-electron chi connectivity index (χ1n) is 10.6. The molecule has 0 fully saturated rings. The minimum atomic E-state index is -3.84. The molecule has 4 rings (SSSR count). The van der Waals surface area contributed by atoms with Crippen molar-refractivity contribution in [1.29, 1.82) is 0 Å². The Morgan fingerprint density at radius 3 is 2.06 bits per heavy atom. The second kappa shape index (κ2) is 9.84. The normalized spacial score (nSPS) is 12.1. The zero-order valence-corrected chi connectivity index (χ0v) is 19.2. The van der Waals surface area contributed by atoms with E-state index in [0.29, 0.717) is 34.3 Å². The third-order valence-electron chi connectivity index (χ3n) is 5.45. The van der Waals surface area contributed by atoms with Gasteiger partial charge in [-0.15, -0.1) is 0 Å². The Balaban J connectivity index is 1.64. The van der Waals surface area contributed by atoms with Crippen LogP contribution in [0.5, 0.6) is 5.75 Å². The van der Waals surface area contributed by atoms with Gasteiger partial charge in [0.2, 0.25) is 0 Å². The lowest BCUT2D eigenvalue weighted by Gasteiger charge is -2.19. The van der Waals surface area contributed by atoms with Crippen LogP contribution in [0, 0.1) is 0 Å². The summed E-state index contributed by atoms with van der Waals surface area (Å²) in [5.74, 6) is -0.416. The van der Waals surface area contributed by atoms with Gasteiger partial charge in [0.1, 0.15) is 11.8 Å². The maximum atomic E-state index is 13.0. The largest absolute Gasteiger partial charge is 0.497 e. The number of carbonyl (C=O) groups is 1. The summed E-state index contributed by atoms with van der Waals surface area (Å²) in [7, 11) is -2.33. The highest BCUT2D eigenvalue weighted by atomic mass is 32.2. The molecule has 4 aromatic carbocycles. The van der Waals surface area contributed by atoms with E-state index < -0.39 is 22.0 Å². The Morgan fingerprint density at radius 1 is 0.853 bits per heavy atom. The predicted molar refractivity (Wildman–Crippen MR) is 133 cm³/mol. The summed E-state index contributed by atoms with van der Waals surface area (Å²) in [4.78, 5) is 12.0. The van der Waals surface area contributed by atoms with E-state index in [1.807, 2.05) is 42.5 Å². The van der Waals surface area contributed by atoms with Crippen molar-refractivity contribution in [3.63, 3.8) is 0 Å². The second-order valence-electron chi connectivity index (χ2n) is 7.71. The number of aliphatic carboxylic acids is 1. The lowest BCUT2D eigenvalue weighted by atomic mass is 10.0. The van der Waals surface area contributed by atoms with Crippen LogP contribution in [-0.4, -0.2) is 32.6 Å². The van der Waals surface area contributed by atoms with Crippen LogP contribution >= 0.6 is 0 Å². The molecular weight excluding hydrogens is 452 g/mol. The molecule has 4 aromatic rings. The van der Waals surface area contributed by atoms with E-state index in [9.17, 15) is 18.3 Å². The molecule has 0 amide bonds. The van der Waals surface area contributed by atoms with Gasteiger partial charge >= 0.3 is 5.97 Å². The zero-order valence-electron chi connectivity index (χ0n) is 18.4. The van der Waals surface area contributed by atoms with Crippen LogP contribution in [0.3, 0.4) is 0 Å². The number of fused-ring (bicyclic) bond motifs is 1. The van der Waals surface area contributed by atoms with Gasteiger partial charge in [-0.25, -0.2) is 13.2 Å².